The van der Waals surface area contributed by atoms with E-state index in [4.69, 9.17) is 9.47 Å². The minimum absolute atomic E-state index is 0.280. The molecule has 0 bridgehead atoms. The lowest BCUT2D eigenvalue weighted by atomic mass is 10.0. The van der Waals surface area contributed by atoms with Gasteiger partial charge in [0.2, 0.25) is 0 Å². The highest BCUT2D eigenvalue weighted by Gasteiger charge is 2.10. The van der Waals surface area contributed by atoms with Crippen molar-refractivity contribution in [3.05, 3.63) is 114 Å². The molecule has 168 valence electrons. The molecule has 6 heteroatoms. The molecule has 0 atom stereocenters. The van der Waals surface area contributed by atoms with Gasteiger partial charge in [0.1, 0.15) is 0 Å². The van der Waals surface area contributed by atoms with Gasteiger partial charge in [-0.2, -0.15) is 5.10 Å². The molecule has 0 unspecified atom stereocenters. The van der Waals surface area contributed by atoms with E-state index in [2.05, 4.69) is 10.5 Å². The summed E-state index contributed by atoms with van der Waals surface area (Å²) in [5, 5.41) is 5.89. The number of carbonyl (C=O) groups excluding carboxylic acids is 2. The Balaban J connectivity index is 1.41. The first-order valence-electron chi connectivity index (χ1n) is 10.6. The summed E-state index contributed by atoms with van der Waals surface area (Å²) < 4.78 is 10.7. The minimum Gasteiger partial charge on any atom is -0.493 e. The molecule has 0 fully saturated rings. The number of benzene rings is 4. The zero-order valence-corrected chi connectivity index (χ0v) is 18.5. The van der Waals surface area contributed by atoms with Crippen LogP contribution >= 0.6 is 0 Å². The molecule has 34 heavy (non-hydrogen) atoms. The monoisotopic (exact) mass is 450 g/mol. The summed E-state index contributed by atoms with van der Waals surface area (Å²) in [6.07, 6.45) is 4.52. The zero-order valence-electron chi connectivity index (χ0n) is 18.5. The number of nitrogens with zero attached hydrogens (tertiary/aromatic N) is 1. The molecule has 1 amide bonds. The second kappa shape index (κ2) is 10.7. The second-order valence-corrected chi connectivity index (χ2v) is 7.30. The van der Waals surface area contributed by atoms with E-state index in [9.17, 15) is 9.59 Å². The van der Waals surface area contributed by atoms with Crippen LogP contribution in [0.2, 0.25) is 0 Å². The van der Waals surface area contributed by atoms with Crippen molar-refractivity contribution in [1.29, 1.82) is 0 Å². The Morgan fingerprint density at radius 1 is 0.824 bits per heavy atom. The number of hydrogen-bond acceptors (Lipinski definition) is 5. The fraction of sp³-hybridized carbons (Fsp3) is 0.0357. The number of rotatable bonds is 7. The van der Waals surface area contributed by atoms with Crippen molar-refractivity contribution < 1.29 is 19.1 Å². The summed E-state index contributed by atoms with van der Waals surface area (Å²) in [5.41, 5.74) is 4.65. The van der Waals surface area contributed by atoms with Crippen molar-refractivity contribution in [1.82, 2.24) is 5.43 Å². The highest BCUT2D eigenvalue weighted by Crippen LogP contribution is 2.28. The molecule has 0 saturated heterocycles. The Kier molecular flexibility index (Phi) is 7.10. The van der Waals surface area contributed by atoms with Crippen LogP contribution in [0, 0.1) is 0 Å². The van der Waals surface area contributed by atoms with E-state index >= 15 is 0 Å². The van der Waals surface area contributed by atoms with Crippen molar-refractivity contribution in [2.75, 3.05) is 7.11 Å². The number of hydrazone groups is 1. The summed E-state index contributed by atoms with van der Waals surface area (Å²) in [4.78, 5) is 24.8. The summed E-state index contributed by atoms with van der Waals surface area (Å²) in [5.74, 6) is -0.186. The largest absolute Gasteiger partial charge is 0.493 e. The van der Waals surface area contributed by atoms with E-state index in [1.807, 2.05) is 66.7 Å². The van der Waals surface area contributed by atoms with E-state index in [-0.39, 0.29) is 11.7 Å². The predicted octanol–water partition coefficient (Wildman–Crippen LogP) is 5.23. The maximum atomic E-state index is 12.6. The lowest BCUT2D eigenvalue weighted by molar-refractivity contribution is -0.129. The molecule has 4 aromatic carbocycles. The SMILES string of the molecule is COc1cc(/C=N/NC(=O)c2cccc3ccccc23)ccc1OC(=O)/C=C/c1ccccc1. The Morgan fingerprint density at radius 2 is 1.59 bits per heavy atom. The van der Waals surface area contributed by atoms with Crippen molar-refractivity contribution >= 4 is 34.9 Å². The third-order valence-corrected chi connectivity index (χ3v) is 5.02. The summed E-state index contributed by atoms with van der Waals surface area (Å²) in [6.45, 7) is 0. The molecule has 0 aromatic heterocycles. The van der Waals surface area contributed by atoms with Crippen LogP contribution in [0.25, 0.3) is 16.8 Å². The third kappa shape index (κ3) is 5.55. The van der Waals surface area contributed by atoms with Gasteiger partial charge >= 0.3 is 5.97 Å². The van der Waals surface area contributed by atoms with E-state index in [0.717, 1.165) is 16.3 Å². The van der Waals surface area contributed by atoms with Crippen molar-refractivity contribution in [2.24, 2.45) is 5.10 Å². The maximum Gasteiger partial charge on any atom is 0.336 e. The van der Waals surface area contributed by atoms with Gasteiger partial charge < -0.3 is 9.47 Å². The quantitative estimate of drug-likeness (QED) is 0.138. The van der Waals surface area contributed by atoms with E-state index in [1.54, 1.807) is 30.3 Å². The van der Waals surface area contributed by atoms with Gasteiger partial charge in [-0.15, -0.1) is 0 Å². The number of ether oxygens (including phenoxy) is 2. The molecule has 0 heterocycles. The number of amides is 1. The minimum atomic E-state index is -0.522. The van der Waals surface area contributed by atoms with Crippen LogP contribution in [-0.4, -0.2) is 25.2 Å². The van der Waals surface area contributed by atoms with Crippen LogP contribution in [0.1, 0.15) is 21.5 Å². The first-order chi connectivity index (χ1) is 16.6. The Bertz CT molecular complexity index is 1370. The second-order valence-electron chi connectivity index (χ2n) is 7.30. The van der Waals surface area contributed by atoms with E-state index in [1.165, 1.54) is 19.4 Å². The molecule has 4 rings (SSSR count). The molecule has 0 radical (unpaired) electrons. The van der Waals surface area contributed by atoms with Gasteiger partial charge in [0.25, 0.3) is 5.91 Å². The lowest BCUT2D eigenvalue weighted by Gasteiger charge is -2.08. The van der Waals surface area contributed by atoms with Crippen LogP contribution in [0.4, 0.5) is 0 Å². The molecule has 4 aromatic rings. The van der Waals surface area contributed by atoms with Crippen molar-refractivity contribution in [3.8, 4) is 11.5 Å². The smallest absolute Gasteiger partial charge is 0.336 e. The number of hydrogen-bond donors (Lipinski definition) is 1. The first kappa shape index (κ1) is 22.5. The topological polar surface area (TPSA) is 77.0 Å². The van der Waals surface area contributed by atoms with Gasteiger partial charge in [0.05, 0.1) is 13.3 Å². The molecule has 0 aliphatic carbocycles. The summed E-state index contributed by atoms with van der Waals surface area (Å²) >= 11 is 0. The standard InChI is InChI=1S/C28H22N2O4/c1-33-26-18-21(14-16-25(26)34-27(31)17-15-20-8-3-2-4-9-20)19-29-30-28(32)24-13-7-11-22-10-5-6-12-23(22)24/h2-19H,1H3,(H,30,32)/b17-15+,29-19+. The molecule has 1 N–H and O–H groups in total. The average molecular weight is 450 g/mol. The predicted molar refractivity (Wildman–Crippen MR) is 133 cm³/mol. The van der Waals surface area contributed by atoms with Gasteiger partial charge in [-0.3, -0.25) is 4.79 Å². The Morgan fingerprint density at radius 3 is 2.41 bits per heavy atom. The van der Waals surface area contributed by atoms with Gasteiger partial charge in [0.15, 0.2) is 11.5 Å². The number of nitrogens with one attached hydrogen (secondary N) is 1. The fourth-order valence-electron chi connectivity index (χ4n) is 3.37. The summed E-state index contributed by atoms with van der Waals surface area (Å²) in [7, 11) is 1.48. The highest BCUT2D eigenvalue weighted by atomic mass is 16.6. The highest BCUT2D eigenvalue weighted by molar-refractivity contribution is 6.07. The molecule has 6 nitrogen and oxygen atoms in total. The van der Waals surface area contributed by atoms with Crippen molar-refractivity contribution in [2.45, 2.75) is 0 Å². The number of methoxy groups -OCH3 is 1. The van der Waals surface area contributed by atoms with Crippen LogP contribution in [0.3, 0.4) is 0 Å². The van der Waals surface area contributed by atoms with Gasteiger partial charge in [0, 0.05) is 11.6 Å². The molecule has 0 aliphatic heterocycles. The third-order valence-electron chi connectivity index (χ3n) is 5.02. The first-order valence-corrected chi connectivity index (χ1v) is 10.6. The van der Waals surface area contributed by atoms with Gasteiger partial charge in [-0.05, 0) is 52.2 Å². The molecular formula is C28H22N2O4. The van der Waals surface area contributed by atoms with Crippen LogP contribution in [0.15, 0.2) is 102 Å². The molecule has 0 spiro atoms. The van der Waals surface area contributed by atoms with Crippen LogP contribution in [-0.2, 0) is 4.79 Å². The number of fused-ring (bicyclic) bond motifs is 1. The van der Waals surface area contributed by atoms with Crippen LogP contribution in [0.5, 0.6) is 11.5 Å². The average Bonchev–Trinajstić information content (AvgIpc) is 2.88. The molecule has 0 saturated carbocycles. The van der Waals surface area contributed by atoms with Crippen molar-refractivity contribution in [3.63, 3.8) is 0 Å². The summed E-state index contributed by atoms with van der Waals surface area (Å²) in [6, 6.07) is 27.6. The fourth-order valence-corrected chi connectivity index (χ4v) is 3.37. The normalized spacial score (nSPS) is 11.1. The van der Waals surface area contributed by atoms with Gasteiger partial charge in [-0.1, -0.05) is 66.7 Å². The Hall–Kier alpha value is -4.71. The number of carbonyl (C=O) groups is 2. The van der Waals surface area contributed by atoms with E-state index < -0.39 is 5.97 Å². The molecule has 0 aliphatic rings. The molecular weight excluding hydrogens is 428 g/mol. The number of esters is 1. The maximum absolute atomic E-state index is 12.6. The van der Waals surface area contributed by atoms with Crippen LogP contribution < -0.4 is 14.9 Å². The zero-order chi connectivity index (χ0) is 23.8. The van der Waals surface area contributed by atoms with Gasteiger partial charge in [-0.25, -0.2) is 10.2 Å². The lowest BCUT2D eigenvalue weighted by Crippen LogP contribution is -2.17. The Labute approximate surface area is 197 Å². The van der Waals surface area contributed by atoms with E-state index in [0.29, 0.717) is 16.9 Å².